The fourth-order valence-electron chi connectivity index (χ4n) is 1.99. The Labute approximate surface area is 111 Å². The zero-order chi connectivity index (χ0) is 12.5. The predicted molar refractivity (Wildman–Crippen MR) is 66.7 cm³/mol. The number of hydrogen-bond acceptors (Lipinski definition) is 3. The van der Waals surface area contributed by atoms with Crippen LogP contribution in [0.2, 0.25) is 0 Å². The van der Waals surface area contributed by atoms with Gasteiger partial charge in [-0.1, -0.05) is 0 Å². The second kappa shape index (κ2) is 5.95. The number of hydrogen-bond donors (Lipinski definition) is 1. The van der Waals surface area contributed by atoms with E-state index < -0.39 is 31.6 Å². The summed E-state index contributed by atoms with van der Waals surface area (Å²) < 4.78 is 50.5. The van der Waals surface area contributed by atoms with Crippen LogP contribution in [0.5, 0.6) is 0 Å². The minimum atomic E-state index is -3.69. The van der Waals surface area contributed by atoms with Crippen molar-refractivity contribution in [2.75, 3.05) is 13.1 Å². The van der Waals surface area contributed by atoms with Gasteiger partial charge in [0.15, 0.2) is 9.84 Å². The van der Waals surface area contributed by atoms with E-state index in [-0.39, 0.29) is 12.4 Å². The molecular formula is C11H14ClF2NO2S. The molecule has 0 saturated carbocycles. The third-order valence-electron chi connectivity index (χ3n) is 2.93. The van der Waals surface area contributed by atoms with E-state index in [2.05, 4.69) is 5.32 Å². The number of piperidine rings is 1. The summed E-state index contributed by atoms with van der Waals surface area (Å²) in [6.07, 6.45) is 0.915. The Hall–Kier alpha value is -0.720. The molecule has 7 heteroatoms. The lowest BCUT2D eigenvalue weighted by Crippen LogP contribution is -2.36. The van der Waals surface area contributed by atoms with Gasteiger partial charge in [0.1, 0.15) is 16.5 Å². The van der Waals surface area contributed by atoms with E-state index in [1.54, 1.807) is 0 Å². The third kappa shape index (κ3) is 2.99. The summed E-state index contributed by atoms with van der Waals surface area (Å²) in [5, 5.41) is 2.46. The minimum Gasteiger partial charge on any atom is -0.317 e. The summed E-state index contributed by atoms with van der Waals surface area (Å²) in [4.78, 5) is -0.397. The molecular weight excluding hydrogens is 284 g/mol. The highest BCUT2D eigenvalue weighted by atomic mass is 35.5. The molecule has 0 bridgehead atoms. The van der Waals surface area contributed by atoms with Gasteiger partial charge in [0.25, 0.3) is 0 Å². The average molecular weight is 298 g/mol. The van der Waals surface area contributed by atoms with Crippen molar-refractivity contribution in [2.24, 2.45) is 0 Å². The van der Waals surface area contributed by atoms with Crippen molar-refractivity contribution in [3.63, 3.8) is 0 Å². The molecule has 0 aliphatic carbocycles. The van der Waals surface area contributed by atoms with E-state index in [9.17, 15) is 17.2 Å². The molecule has 1 aromatic rings. The first-order chi connectivity index (χ1) is 8.01. The molecule has 102 valence electrons. The highest BCUT2D eigenvalue weighted by molar-refractivity contribution is 7.92. The lowest BCUT2D eigenvalue weighted by molar-refractivity contribution is 0.490. The van der Waals surface area contributed by atoms with Crippen molar-refractivity contribution >= 4 is 22.2 Å². The average Bonchev–Trinajstić information content (AvgIpc) is 2.29. The SMILES string of the molecule is Cl.O=S(=O)(c1ccc(F)cc1F)C1CCNCC1. The fraction of sp³-hybridized carbons (Fsp3) is 0.455. The lowest BCUT2D eigenvalue weighted by atomic mass is 10.2. The van der Waals surface area contributed by atoms with E-state index >= 15 is 0 Å². The Morgan fingerprint density at radius 1 is 1.17 bits per heavy atom. The van der Waals surface area contributed by atoms with Crippen molar-refractivity contribution in [2.45, 2.75) is 23.0 Å². The number of rotatable bonds is 2. The molecule has 1 aromatic carbocycles. The van der Waals surface area contributed by atoms with Gasteiger partial charge in [0.05, 0.1) is 5.25 Å². The standard InChI is InChI=1S/C11H13F2NO2S.ClH/c12-8-1-2-11(10(13)7-8)17(15,16)9-3-5-14-6-4-9;/h1-2,7,9,14H,3-6H2;1H. The van der Waals surface area contributed by atoms with Crippen LogP contribution in [0.4, 0.5) is 8.78 Å². The van der Waals surface area contributed by atoms with Gasteiger partial charge in [0.2, 0.25) is 0 Å². The molecule has 0 atom stereocenters. The molecule has 0 radical (unpaired) electrons. The van der Waals surface area contributed by atoms with E-state index in [0.717, 1.165) is 12.1 Å². The summed E-state index contributed by atoms with van der Waals surface area (Å²) in [5.74, 6) is -1.78. The van der Waals surface area contributed by atoms with E-state index in [0.29, 0.717) is 32.0 Å². The van der Waals surface area contributed by atoms with Crippen molar-refractivity contribution in [1.82, 2.24) is 5.32 Å². The Morgan fingerprint density at radius 2 is 1.78 bits per heavy atom. The summed E-state index contributed by atoms with van der Waals surface area (Å²) >= 11 is 0. The van der Waals surface area contributed by atoms with Crippen LogP contribution in [0.1, 0.15) is 12.8 Å². The zero-order valence-electron chi connectivity index (χ0n) is 9.53. The first-order valence-electron chi connectivity index (χ1n) is 5.41. The summed E-state index contributed by atoms with van der Waals surface area (Å²) in [7, 11) is -3.69. The second-order valence-corrected chi connectivity index (χ2v) is 6.27. The first-order valence-corrected chi connectivity index (χ1v) is 6.96. The van der Waals surface area contributed by atoms with E-state index in [1.165, 1.54) is 0 Å². The van der Waals surface area contributed by atoms with Gasteiger partial charge in [0, 0.05) is 6.07 Å². The van der Waals surface area contributed by atoms with Gasteiger partial charge in [-0.3, -0.25) is 0 Å². The molecule has 1 aliphatic rings. The van der Waals surface area contributed by atoms with Gasteiger partial charge >= 0.3 is 0 Å². The topological polar surface area (TPSA) is 46.2 Å². The summed E-state index contributed by atoms with van der Waals surface area (Å²) in [6, 6.07) is 2.58. The highest BCUT2D eigenvalue weighted by Crippen LogP contribution is 2.24. The highest BCUT2D eigenvalue weighted by Gasteiger charge is 2.31. The predicted octanol–water partition coefficient (Wildman–Crippen LogP) is 1.91. The molecule has 1 aliphatic heterocycles. The lowest BCUT2D eigenvalue weighted by Gasteiger charge is -2.22. The summed E-state index contributed by atoms with van der Waals surface area (Å²) in [6.45, 7) is 1.21. The molecule has 1 saturated heterocycles. The maximum atomic E-state index is 13.5. The van der Waals surface area contributed by atoms with Crippen LogP contribution in [0.25, 0.3) is 0 Å². The van der Waals surface area contributed by atoms with E-state index in [4.69, 9.17) is 0 Å². The Kier molecular flexibility index (Phi) is 5.07. The van der Waals surface area contributed by atoms with Gasteiger partial charge in [-0.05, 0) is 38.1 Å². The first kappa shape index (κ1) is 15.3. The van der Waals surface area contributed by atoms with Crippen molar-refractivity contribution in [1.29, 1.82) is 0 Å². The van der Waals surface area contributed by atoms with Gasteiger partial charge < -0.3 is 5.32 Å². The van der Waals surface area contributed by atoms with Crippen LogP contribution in [0, 0.1) is 11.6 Å². The smallest absolute Gasteiger partial charge is 0.184 e. The molecule has 0 spiro atoms. The maximum Gasteiger partial charge on any atom is 0.184 e. The number of benzene rings is 1. The second-order valence-electron chi connectivity index (χ2n) is 4.07. The number of nitrogens with one attached hydrogen (secondary N) is 1. The van der Waals surface area contributed by atoms with E-state index in [1.807, 2.05) is 0 Å². The molecule has 3 nitrogen and oxygen atoms in total. The van der Waals surface area contributed by atoms with Gasteiger partial charge in [-0.25, -0.2) is 17.2 Å². The number of sulfone groups is 1. The van der Waals surface area contributed by atoms with Crippen molar-refractivity contribution in [3.8, 4) is 0 Å². The summed E-state index contributed by atoms with van der Waals surface area (Å²) in [5.41, 5.74) is 0. The normalized spacial score (nSPS) is 17.2. The fourth-order valence-corrected chi connectivity index (χ4v) is 3.80. The molecule has 1 N–H and O–H groups in total. The van der Waals surface area contributed by atoms with Crippen LogP contribution in [0.3, 0.4) is 0 Å². The van der Waals surface area contributed by atoms with Crippen LogP contribution >= 0.6 is 12.4 Å². The molecule has 1 heterocycles. The molecule has 0 amide bonds. The Balaban J connectivity index is 0.00000162. The Morgan fingerprint density at radius 3 is 2.33 bits per heavy atom. The molecule has 1 fully saturated rings. The van der Waals surface area contributed by atoms with Gasteiger partial charge in [-0.2, -0.15) is 0 Å². The van der Waals surface area contributed by atoms with Crippen molar-refractivity contribution in [3.05, 3.63) is 29.8 Å². The zero-order valence-corrected chi connectivity index (χ0v) is 11.2. The minimum absolute atomic E-state index is 0. The van der Waals surface area contributed by atoms with Crippen LogP contribution in [-0.4, -0.2) is 26.8 Å². The monoisotopic (exact) mass is 297 g/mol. The quantitative estimate of drug-likeness (QED) is 0.848. The largest absolute Gasteiger partial charge is 0.317 e. The van der Waals surface area contributed by atoms with Crippen molar-refractivity contribution < 1.29 is 17.2 Å². The van der Waals surface area contributed by atoms with Gasteiger partial charge in [-0.15, -0.1) is 12.4 Å². The molecule has 18 heavy (non-hydrogen) atoms. The number of halogens is 3. The van der Waals surface area contributed by atoms with Crippen LogP contribution in [-0.2, 0) is 9.84 Å². The third-order valence-corrected chi connectivity index (χ3v) is 5.22. The molecule has 0 aromatic heterocycles. The molecule has 2 rings (SSSR count). The molecule has 0 unspecified atom stereocenters. The van der Waals surface area contributed by atoms with Crippen LogP contribution in [0.15, 0.2) is 23.1 Å². The van der Waals surface area contributed by atoms with Crippen LogP contribution < -0.4 is 5.32 Å². The Bertz CT molecular complexity index is 516. The maximum absolute atomic E-state index is 13.5.